The molecule has 0 aliphatic heterocycles. The Morgan fingerprint density at radius 2 is 2.32 bits per heavy atom. The van der Waals surface area contributed by atoms with E-state index in [0.717, 1.165) is 11.5 Å². The fourth-order valence-corrected chi connectivity index (χ4v) is 2.17. The Morgan fingerprint density at radius 3 is 3.05 bits per heavy atom. The molecule has 0 unspecified atom stereocenters. The third kappa shape index (κ3) is 3.71. The topological polar surface area (TPSA) is 79.9 Å². The van der Waals surface area contributed by atoms with Crippen molar-refractivity contribution in [3.63, 3.8) is 0 Å². The monoisotopic (exact) mass is 298 g/mol. The van der Waals surface area contributed by atoms with Crippen LogP contribution in [0, 0.1) is 18.3 Å². The Morgan fingerprint density at radius 1 is 1.50 bits per heavy atom. The molecule has 1 amide bonds. The summed E-state index contributed by atoms with van der Waals surface area (Å²) in [4.78, 5) is 16.3. The zero-order chi connectivity index (χ0) is 15.9. The van der Waals surface area contributed by atoms with E-state index in [-0.39, 0.29) is 5.91 Å². The molecule has 0 saturated heterocycles. The summed E-state index contributed by atoms with van der Waals surface area (Å²) in [6, 6.07) is 8.66. The summed E-state index contributed by atoms with van der Waals surface area (Å²) in [6.07, 6.45) is 1.78. The number of nitrogens with one attached hydrogen (secondary N) is 1. The van der Waals surface area contributed by atoms with E-state index in [2.05, 4.69) is 10.3 Å². The number of carbonyl (C=O) groups is 1. The molecular weight excluding hydrogens is 280 g/mol. The van der Waals surface area contributed by atoms with Gasteiger partial charge in [0.05, 0.1) is 11.6 Å². The van der Waals surface area contributed by atoms with E-state index in [9.17, 15) is 4.79 Å². The minimum atomic E-state index is -0.192. The largest absolute Gasteiger partial charge is 0.377 e. The van der Waals surface area contributed by atoms with Gasteiger partial charge in [0.2, 0.25) is 0 Å². The van der Waals surface area contributed by atoms with Crippen molar-refractivity contribution < 1.29 is 9.53 Å². The van der Waals surface area contributed by atoms with Gasteiger partial charge in [0.1, 0.15) is 12.4 Å². The van der Waals surface area contributed by atoms with Crippen molar-refractivity contribution in [1.82, 2.24) is 14.9 Å². The first-order chi connectivity index (χ1) is 10.7. The van der Waals surface area contributed by atoms with E-state index < -0.39 is 0 Å². The fourth-order valence-electron chi connectivity index (χ4n) is 2.17. The molecule has 0 spiro atoms. The summed E-state index contributed by atoms with van der Waals surface area (Å²) in [7, 11) is 1.62. The van der Waals surface area contributed by atoms with E-state index >= 15 is 0 Å². The maximum atomic E-state index is 12.1. The number of hydrogen-bond donors (Lipinski definition) is 1. The first kappa shape index (κ1) is 15.7. The van der Waals surface area contributed by atoms with E-state index in [1.807, 2.05) is 17.6 Å². The Balaban J connectivity index is 1.95. The number of benzene rings is 1. The van der Waals surface area contributed by atoms with Crippen molar-refractivity contribution >= 4 is 5.91 Å². The first-order valence-corrected chi connectivity index (χ1v) is 6.94. The molecule has 1 aromatic heterocycles. The average molecular weight is 298 g/mol. The van der Waals surface area contributed by atoms with Gasteiger partial charge in [-0.25, -0.2) is 4.98 Å². The number of rotatable bonds is 6. The van der Waals surface area contributed by atoms with Crippen LogP contribution in [0.15, 0.2) is 30.5 Å². The second-order valence-corrected chi connectivity index (χ2v) is 4.85. The lowest BCUT2D eigenvalue weighted by Gasteiger charge is -2.11. The zero-order valence-electron chi connectivity index (χ0n) is 12.7. The molecule has 0 saturated carbocycles. The number of aryl methyl sites for hydroxylation is 1. The molecule has 0 atom stereocenters. The van der Waals surface area contributed by atoms with Crippen LogP contribution in [-0.2, 0) is 17.9 Å². The van der Waals surface area contributed by atoms with Crippen molar-refractivity contribution in [2.24, 2.45) is 0 Å². The van der Waals surface area contributed by atoms with E-state index in [4.69, 9.17) is 10.00 Å². The highest BCUT2D eigenvalue weighted by Crippen LogP contribution is 2.06. The smallest absolute Gasteiger partial charge is 0.251 e. The Hall–Kier alpha value is -2.65. The van der Waals surface area contributed by atoms with Crippen LogP contribution in [0.1, 0.15) is 27.4 Å². The van der Waals surface area contributed by atoms with Gasteiger partial charge in [-0.05, 0) is 25.1 Å². The number of carbonyl (C=O) groups excluding carboxylic acids is 1. The Kier molecular flexibility index (Phi) is 5.28. The van der Waals surface area contributed by atoms with Crippen molar-refractivity contribution in [2.75, 3.05) is 13.7 Å². The molecule has 6 nitrogen and oxygen atoms in total. The predicted molar refractivity (Wildman–Crippen MR) is 81.2 cm³/mol. The number of nitriles is 1. The molecule has 0 radical (unpaired) electrons. The molecule has 0 aliphatic carbocycles. The van der Waals surface area contributed by atoms with Gasteiger partial charge in [0.25, 0.3) is 5.91 Å². The number of imidazole rings is 1. The van der Waals surface area contributed by atoms with Crippen LogP contribution >= 0.6 is 0 Å². The molecule has 0 fully saturated rings. The van der Waals surface area contributed by atoms with Crippen molar-refractivity contribution in [2.45, 2.75) is 20.1 Å². The van der Waals surface area contributed by atoms with Gasteiger partial charge in [-0.15, -0.1) is 0 Å². The van der Waals surface area contributed by atoms with Crippen LogP contribution in [0.3, 0.4) is 0 Å². The van der Waals surface area contributed by atoms with Crippen LogP contribution in [-0.4, -0.2) is 29.1 Å². The first-order valence-electron chi connectivity index (χ1n) is 6.94. The third-order valence-electron chi connectivity index (χ3n) is 3.29. The van der Waals surface area contributed by atoms with Crippen molar-refractivity contribution in [3.05, 3.63) is 53.1 Å². The zero-order valence-corrected chi connectivity index (χ0v) is 12.7. The van der Waals surface area contributed by atoms with Crippen LogP contribution < -0.4 is 5.32 Å². The second kappa shape index (κ2) is 7.38. The molecule has 22 heavy (non-hydrogen) atoms. The molecule has 114 valence electrons. The summed E-state index contributed by atoms with van der Waals surface area (Å²) in [5.74, 6) is 0.642. The van der Waals surface area contributed by atoms with E-state index in [0.29, 0.717) is 30.8 Å². The van der Waals surface area contributed by atoms with Crippen LogP contribution in [0.5, 0.6) is 0 Å². The second-order valence-electron chi connectivity index (χ2n) is 4.85. The third-order valence-corrected chi connectivity index (χ3v) is 3.29. The summed E-state index contributed by atoms with van der Waals surface area (Å²) < 4.78 is 7.11. The number of nitrogens with zero attached hydrogens (tertiary/aromatic N) is 3. The van der Waals surface area contributed by atoms with Gasteiger partial charge in [-0.3, -0.25) is 4.79 Å². The van der Waals surface area contributed by atoms with Gasteiger partial charge < -0.3 is 14.6 Å². The molecule has 2 aromatic rings. The summed E-state index contributed by atoms with van der Waals surface area (Å²) in [5, 5.41) is 11.7. The Bertz CT molecular complexity index is 700. The molecule has 0 aliphatic rings. The lowest BCUT2D eigenvalue weighted by molar-refractivity contribution is 0.0951. The maximum absolute atomic E-state index is 12.1. The minimum Gasteiger partial charge on any atom is -0.377 e. The molecule has 0 bridgehead atoms. The SMILES string of the molecule is COCc1ncc(C)n1CCNC(=O)c1cccc(C#N)c1. The quantitative estimate of drug-likeness (QED) is 0.879. The van der Waals surface area contributed by atoms with Gasteiger partial charge in [-0.1, -0.05) is 6.07 Å². The molecule has 1 N–H and O–H groups in total. The van der Waals surface area contributed by atoms with Crippen LogP contribution in [0.2, 0.25) is 0 Å². The average Bonchev–Trinajstić information content (AvgIpc) is 2.88. The van der Waals surface area contributed by atoms with Crippen molar-refractivity contribution in [1.29, 1.82) is 5.26 Å². The predicted octanol–water partition coefficient (Wildman–Crippen LogP) is 1.64. The molecular formula is C16H18N4O2. The highest BCUT2D eigenvalue weighted by atomic mass is 16.5. The lowest BCUT2D eigenvalue weighted by atomic mass is 10.1. The summed E-state index contributed by atoms with van der Waals surface area (Å²) in [5.41, 5.74) is 1.98. The highest BCUT2D eigenvalue weighted by molar-refractivity contribution is 5.94. The lowest BCUT2D eigenvalue weighted by Crippen LogP contribution is -2.28. The molecule has 6 heteroatoms. The number of amides is 1. The van der Waals surface area contributed by atoms with Gasteiger partial charge >= 0.3 is 0 Å². The standard InChI is InChI=1S/C16H18N4O2/c1-12-10-19-15(11-22-2)20(12)7-6-18-16(21)14-5-3-4-13(8-14)9-17/h3-5,8,10H,6-7,11H2,1-2H3,(H,18,21). The maximum Gasteiger partial charge on any atom is 0.251 e. The van der Waals surface area contributed by atoms with Crippen LogP contribution in [0.4, 0.5) is 0 Å². The molecule has 2 rings (SSSR count). The Labute approximate surface area is 129 Å². The minimum absolute atomic E-state index is 0.192. The summed E-state index contributed by atoms with van der Waals surface area (Å²) >= 11 is 0. The van der Waals surface area contributed by atoms with E-state index in [1.54, 1.807) is 37.6 Å². The molecule has 1 aromatic carbocycles. The molecule has 1 heterocycles. The van der Waals surface area contributed by atoms with Gasteiger partial charge in [0, 0.05) is 37.7 Å². The number of hydrogen-bond acceptors (Lipinski definition) is 4. The number of ether oxygens (including phenoxy) is 1. The summed E-state index contributed by atoms with van der Waals surface area (Å²) in [6.45, 7) is 3.49. The number of methoxy groups -OCH3 is 1. The van der Waals surface area contributed by atoms with E-state index in [1.165, 1.54) is 0 Å². The van der Waals surface area contributed by atoms with Crippen LogP contribution in [0.25, 0.3) is 0 Å². The number of aromatic nitrogens is 2. The van der Waals surface area contributed by atoms with Gasteiger partial charge in [0.15, 0.2) is 0 Å². The highest BCUT2D eigenvalue weighted by Gasteiger charge is 2.08. The van der Waals surface area contributed by atoms with Crippen molar-refractivity contribution in [3.8, 4) is 6.07 Å². The fraction of sp³-hybridized carbons (Fsp3) is 0.312. The normalized spacial score (nSPS) is 10.2. The van der Waals surface area contributed by atoms with Gasteiger partial charge in [-0.2, -0.15) is 5.26 Å².